The Balaban J connectivity index is 1.36. The van der Waals surface area contributed by atoms with E-state index in [2.05, 4.69) is 5.32 Å². The second kappa shape index (κ2) is 6.44. The fourth-order valence-corrected chi connectivity index (χ4v) is 4.52. The van der Waals surface area contributed by atoms with Gasteiger partial charge in [-0.15, -0.1) is 0 Å². The third kappa shape index (κ3) is 3.17. The van der Waals surface area contributed by atoms with Gasteiger partial charge >= 0.3 is 0 Å². The van der Waals surface area contributed by atoms with E-state index in [0.717, 1.165) is 56.8 Å². The van der Waals surface area contributed by atoms with Crippen LogP contribution in [0.1, 0.15) is 44.9 Å². The molecule has 20 heavy (non-hydrogen) atoms. The number of fused-ring (bicyclic) bond motifs is 2. The van der Waals surface area contributed by atoms with Crippen LogP contribution < -0.4 is 11.1 Å². The zero-order valence-electron chi connectivity index (χ0n) is 12.4. The van der Waals surface area contributed by atoms with E-state index in [1.165, 1.54) is 25.7 Å². The average molecular weight is 280 g/mol. The molecule has 2 bridgehead atoms. The van der Waals surface area contributed by atoms with E-state index < -0.39 is 0 Å². The van der Waals surface area contributed by atoms with Crippen molar-refractivity contribution in [3.8, 4) is 0 Å². The van der Waals surface area contributed by atoms with Crippen LogP contribution in [-0.4, -0.2) is 31.7 Å². The molecule has 0 aromatic heterocycles. The van der Waals surface area contributed by atoms with Crippen molar-refractivity contribution in [3.63, 3.8) is 0 Å². The molecule has 2 saturated carbocycles. The highest BCUT2D eigenvalue weighted by Gasteiger charge is 2.38. The molecule has 114 valence electrons. The molecule has 3 aliphatic rings. The molecule has 0 aromatic rings. The summed E-state index contributed by atoms with van der Waals surface area (Å²) in [5.41, 5.74) is 6.08. The van der Waals surface area contributed by atoms with Crippen molar-refractivity contribution in [2.75, 3.05) is 19.8 Å². The van der Waals surface area contributed by atoms with Crippen molar-refractivity contribution in [2.24, 2.45) is 29.4 Å². The van der Waals surface area contributed by atoms with Crippen molar-refractivity contribution in [1.29, 1.82) is 0 Å². The quantitative estimate of drug-likeness (QED) is 0.805. The van der Waals surface area contributed by atoms with E-state index in [1.807, 2.05) is 0 Å². The number of amides is 1. The molecule has 0 radical (unpaired) electrons. The molecular formula is C16H28N2O2. The molecule has 1 saturated heterocycles. The second-order valence-electron chi connectivity index (χ2n) is 6.99. The maximum atomic E-state index is 12.1. The highest BCUT2D eigenvalue weighted by molar-refractivity contribution is 5.81. The molecule has 3 N–H and O–H groups in total. The van der Waals surface area contributed by atoms with Gasteiger partial charge in [-0.2, -0.15) is 0 Å². The highest BCUT2D eigenvalue weighted by Crippen LogP contribution is 2.49. The first-order valence-electron chi connectivity index (χ1n) is 8.35. The molecule has 4 heteroatoms. The van der Waals surface area contributed by atoms with Crippen LogP contribution in [0.5, 0.6) is 0 Å². The summed E-state index contributed by atoms with van der Waals surface area (Å²) in [5.74, 6) is 3.13. The molecule has 1 heterocycles. The minimum Gasteiger partial charge on any atom is -0.381 e. The average Bonchev–Trinajstić information content (AvgIpc) is 3.10. The van der Waals surface area contributed by atoms with E-state index in [1.54, 1.807) is 0 Å². The fourth-order valence-electron chi connectivity index (χ4n) is 4.52. The number of ether oxygens (including phenoxy) is 1. The van der Waals surface area contributed by atoms with Crippen LogP contribution in [0.2, 0.25) is 0 Å². The normalized spacial score (nSPS) is 35.1. The minimum absolute atomic E-state index is 0.0417. The molecule has 1 amide bonds. The first kappa shape index (κ1) is 14.3. The predicted octanol–water partition coefficient (Wildman–Crippen LogP) is 1.68. The molecule has 3 fully saturated rings. The Morgan fingerprint density at radius 2 is 2.00 bits per heavy atom. The second-order valence-corrected chi connectivity index (χ2v) is 6.99. The Morgan fingerprint density at radius 1 is 1.20 bits per heavy atom. The summed E-state index contributed by atoms with van der Waals surface area (Å²) in [6.07, 6.45) is 8.69. The fraction of sp³-hybridized carbons (Fsp3) is 0.938. The van der Waals surface area contributed by atoms with E-state index in [9.17, 15) is 4.79 Å². The van der Waals surface area contributed by atoms with Gasteiger partial charge in [-0.05, 0) is 62.2 Å². The van der Waals surface area contributed by atoms with Gasteiger partial charge in [0.25, 0.3) is 0 Å². The zero-order chi connectivity index (χ0) is 13.9. The SMILES string of the molecule is NC(C(=O)NCCC1CC2CCC1C2)C1CCOCC1. The van der Waals surface area contributed by atoms with Gasteiger partial charge in [-0.25, -0.2) is 0 Å². The molecule has 0 spiro atoms. The number of rotatable bonds is 5. The Labute approximate surface area is 121 Å². The number of hydrogen-bond acceptors (Lipinski definition) is 3. The smallest absolute Gasteiger partial charge is 0.237 e. The highest BCUT2D eigenvalue weighted by atomic mass is 16.5. The van der Waals surface area contributed by atoms with Crippen LogP contribution in [0.4, 0.5) is 0 Å². The van der Waals surface area contributed by atoms with Gasteiger partial charge in [0.1, 0.15) is 0 Å². The van der Waals surface area contributed by atoms with Crippen molar-refractivity contribution < 1.29 is 9.53 Å². The topological polar surface area (TPSA) is 64.4 Å². The van der Waals surface area contributed by atoms with E-state index in [0.29, 0.717) is 5.92 Å². The Bertz CT molecular complexity index is 341. The maximum Gasteiger partial charge on any atom is 0.237 e. The lowest BCUT2D eigenvalue weighted by atomic mass is 9.86. The molecule has 3 rings (SSSR count). The van der Waals surface area contributed by atoms with Gasteiger partial charge in [0, 0.05) is 19.8 Å². The molecular weight excluding hydrogens is 252 g/mol. The molecule has 4 unspecified atom stereocenters. The van der Waals surface area contributed by atoms with Gasteiger partial charge < -0.3 is 15.8 Å². The summed E-state index contributed by atoms with van der Waals surface area (Å²) in [6.45, 7) is 2.30. The number of nitrogens with one attached hydrogen (secondary N) is 1. The van der Waals surface area contributed by atoms with Crippen LogP contribution in [0, 0.1) is 23.7 Å². The van der Waals surface area contributed by atoms with Crippen LogP contribution in [0.25, 0.3) is 0 Å². The van der Waals surface area contributed by atoms with Crippen LogP contribution in [-0.2, 0) is 9.53 Å². The lowest BCUT2D eigenvalue weighted by Gasteiger charge is -2.27. The van der Waals surface area contributed by atoms with Crippen molar-refractivity contribution in [2.45, 2.75) is 51.0 Å². The third-order valence-electron chi connectivity index (χ3n) is 5.78. The number of hydrogen-bond donors (Lipinski definition) is 2. The predicted molar refractivity (Wildman–Crippen MR) is 78.1 cm³/mol. The van der Waals surface area contributed by atoms with Gasteiger partial charge in [0.05, 0.1) is 6.04 Å². The lowest BCUT2D eigenvalue weighted by Crippen LogP contribution is -2.47. The summed E-state index contributed by atoms with van der Waals surface area (Å²) in [7, 11) is 0. The van der Waals surface area contributed by atoms with Crippen molar-refractivity contribution >= 4 is 5.91 Å². The number of carbonyl (C=O) groups is 1. The molecule has 2 aliphatic carbocycles. The summed E-state index contributed by atoms with van der Waals surface area (Å²) >= 11 is 0. The van der Waals surface area contributed by atoms with Gasteiger partial charge in [-0.3, -0.25) is 4.79 Å². The van der Waals surface area contributed by atoms with Gasteiger partial charge in [-0.1, -0.05) is 6.42 Å². The summed E-state index contributed by atoms with van der Waals surface area (Å²) in [6, 6.07) is -0.348. The molecule has 4 nitrogen and oxygen atoms in total. The van der Waals surface area contributed by atoms with E-state index in [4.69, 9.17) is 10.5 Å². The first-order chi connectivity index (χ1) is 9.74. The third-order valence-corrected chi connectivity index (χ3v) is 5.78. The minimum atomic E-state index is -0.348. The number of carbonyl (C=O) groups excluding carboxylic acids is 1. The van der Waals surface area contributed by atoms with Crippen LogP contribution in [0.15, 0.2) is 0 Å². The Kier molecular flexibility index (Phi) is 4.61. The van der Waals surface area contributed by atoms with E-state index in [-0.39, 0.29) is 11.9 Å². The summed E-state index contributed by atoms with van der Waals surface area (Å²) < 4.78 is 5.32. The summed E-state index contributed by atoms with van der Waals surface area (Å²) in [5, 5.41) is 3.06. The standard InChI is InChI=1S/C16H28N2O2/c17-15(12-4-7-20-8-5-12)16(19)18-6-3-14-10-11-1-2-13(14)9-11/h11-15H,1-10,17H2,(H,18,19). The molecule has 0 aromatic carbocycles. The van der Waals surface area contributed by atoms with Crippen molar-refractivity contribution in [1.82, 2.24) is 5.32 Å². The van der Waals surface area contributed by atoms with E-state index >= 15 is 0 Å². The monoisotopic (exact) mass is 280 g/mol. The summed E-state index contributed by atoms with van der Waals surface area (Å²) in [4.78, 5) is 12.1. The zero-order valence-corrected chi connectivity index (χ0v) is 12.4. The maximum absolute atomic E-state index is 12.1. The molecule has 4 atom stereocenters. The first-order valence-corrected chi connectivity index (χ1v) is 8.35. The Hall–Kier alpha value is -0.610. The lowest BCUT2D eigenvalue weighted by molar-refractivity contribution is -0.124. The number of nitrogens with two attached hydrogens (primary N) is 1. The Morgan fingerprint density at radius 3 is 2.65 bits per heavy atom. The van der Waals surface area contributed by atoms with Crippen LogP contribution >= 0.6 is 0 Å². The molecule has 1 aliphatic heterocycles. The van der Waals surface area contributed by atoms with Crippen LogP contribution in [0.3, 0.4) is 0 Å². The van der Waals surface area contributed by atoms with Crippen molar-refractivity contribution in [3.05, 3.63) is 0 Å². The van der Waals surface area contributed by atoms with Gasteiger partial charge in [0.15, 0.2) is 0 Å². The van der Waals surface area contributed by atoms with Gasteiger partial charge in [0.2, 0.25) is 5.91 Å². The largest absolute Gasteiger partial charge is 0.381 e.